The Morgan fingerprint density at radius 1 is 1.72 bits per heavy atom. The van der Waals surface area contributed by atoms with Crippen molar-refractivity contribution < 1.29 is 19.7 Å². The lowest BCUT2D eigenvalue weighted by atomic mass is 9.96. The molecule has 2 rings (SSSR count). The van der Waals surface area contributed by atoms with E-state index in [0.29, 0.717) is 13.0 Å². The summed E-state index contributed by atoms with van der Waals surface area (Å²) in [4.78, 5) is 15.5. The van der Waals surface area contributed by atoms with Gasteiger partial charge in [-0.3, -0.25) is 9.78 Å². The molecule has 2 atom stereocenters. The summed E-state index contributed by atoms with van der Waals surface area (Å²) < 4.78 is 5.27. The summed E-state index contributed by atoms with van der Waals surface area (Å²) in [6, 6.07) is 1.42. The molecule has 6 nitrogen and oxygen atoms in total. The van der Waals surface area contributed by atoms with Crippen molar-refractivity contribution in [1.29, 1.82) is 0 Å². The van der Waals surface area contributed by atoms with Crippen molar-refractivity contribution in [3.8, 4) is 5.75 Å². The van der Waals surface area contributed by atoms with Crippen LogP contribution in [0.25, 0.3) is 0 Å². The molecule has 1 aromatic heterocycles. The molecule has 0 saturated carbocycles. The number of rotatable bonds is 3. The van der Waals surface area contributed by atoms with E-state index in [1.54, 1.807) is 6.92 Å². The Morgan fingerprint density at radius 2 is 2.50 bits per heavy atom. The Morgan fingerprint density at radius 3 is 3.11 bits per heavy atom. The third-order valence-corrected chi connectivity index (χ3v) is 3.26. The normalized spacial score (nSPS) is 27.1. The molecule has 3 N–H and O–H groups in total. The second kappa shape index (κ2) is 4.91. The SMILES string of the molecule is CC1OCCC1(O)CNC(=O)c1ccncc1O. The molecule has 1 aliphatic rings. The van der Waals surface area contributed by atoms with Crippen LogP contribution in [-0.4, -0.2) is 46.0 Å². The number of carbonyl (C=O) groups excluding carboxylic acids is 1. The van der Waals surface area contributed by atoms with Crippen molar-refractivity contribution in [2.24, 2.45) is 0 Å². The summed E-state index contributed by atoms with van der Waals surface area (Å²) in [7, 11) is 0. The van der Waals surface area contributed by atoms with Crippen molar-refractivity contribution in [2.75, 3.05) is 13.2 Å². The van der Waals surface area contributed by atoms with Crippen molar-refractivity contribution in [1.82, 2.24) is 10.3 Å². The van der Waals surface area contributed by atoms with Gasteiger partial charge in [0.15, 0.2) is 0 Å². The predicted molar refractivity (Wildman–Crippen MR) is 63.2 cm³/mol. The number of nitrogens with one attached hydrogen (secondary N) is 1. The highest BCUT2D eigenvalue weighted by Gasteiger charge is 2.39. The topological polar surface area (TPSA) is 91.7 Å². The molecule has 1 aliphatic heterocycles. The van der Waals surface area contributed by atoms with E-state index < -0.39 is 11.5 Å². The van der Waals surface area contributed by atoms with Gasteiger partial charge in [-0.2, -0.15) is 0 Å². The van der Waals surface area contributed by atoms with Crippen LogP contribution in [0.3, 0.4) is 0 Å². The summed E-state index contributed by atoms with van der Waals surface area (Å²) in [5.41, 5.74) is -0.904. The fourth-order valence-electron chi connectivity index (χ4n) is 1.91. The molecule has 6 heteroatoms. The Bertz CT molecular complexity index is 451. The first-order valence-electron chi connectivity index (χ1n) is 5.78. The summed E-state index contributed by atoms with van der Waals surface area (Å²) >= 11 is 0. The minimum absolute atomic E-state index is 0.0920. The number of aromatic nitrogens is 1. The molecule has 0 aliphatic carbocycles. The van der Waals surface area contributed by atoms with Gasteiger partial charge in [0.2, 0.25) is 0 Å². The van der Waals surface area contributed by atoms with Gasteiger partial charge in [-0.25, -0.2) is 0 Å². The third kappa shape index (κ3) is 2.44. The molecule has 98 valence electrons. The number of nitrogens with zero attached hydrogens (tertiary/aromatic N) is 1. The molecule has 0 bridgehead atoms. The van der Waals surface area contributed by atoms with Gasteiger partial charge >= 0.3 is 0 Å². The van der Waals surface area contributed by atoms with E-state index in [1.165, 1.54) is 18.5 Å². The molecular formula is C12H16N2O4. The van der Waals surface area contributed by atoms with E-state index in [0.717, 1.165) is 0 Å². The zero-order valence-electron chi connectivity index (χ0n) is 10.1. The fraction of sp³-hybridized carbons (Fsp3) is 0.500. The summed E-state index contributed by atoms with van der Waals surface area (Å²) in [6.07, 6.45) is 2.79. The highest BCUT2D eigenvalue weighted by atomic mass is 16.5. The maximum atomic E-state index is 11.8. The lowest BCUT2D eigenvalue weighted by Crippen LogP contribution is -2.47. The second-order valence-corrected chi connectivity index (χ2v) is 4.44. The first kappa shape index (κ1) is 12.8. The van der Waals surface area contributed by atoms with E-state index in [1.807, 2.05) is 0 Å². The third-order valence-electron chi connectivity index (χ3n) is 3.26. The second-order valence-electron chi connectivity index (χ2n) is 4.44. The monoisotopic (exact) mass is 252 g/mol. The summed E-state index contributed by atoms with van der Waals surface area (Å²) in [6.45, 7) is 2.34. The Balaban J connectivity index is 1.99. The highest BCUT2D eigenvalue weighted by Crippen LogP contribution is 2.25. The van der Waals surface area contributed by atoms with Gasteiger partial charge in [0.05, 0.1) is 17.9 Å². The zero-order valence-corrected chi connectivity index (χ0v) is 10.1. The molecule has 2 unspecified atom stereocenters. The average molecular weight is 252 g/mol. The van der Waals surface area contributed by atoms with Crippen molar-refractivity contribution in [3.63, 3.8) is 0 Å². The smallest absolute Gasteiger partial charge is 0.255 e. The van der Waals surface area contributed by atoms with Crippen LogP contribution in [0, 0.1) is 0 Å². The quantitative estimate of drug-likeness (QED) is 0.707. The Kier molecular flexibility index (Phi) is 3.49. The molecular weight excluding hydrogens is 236 g/mol. The standard InChI is InChI=1S/C12H16N2O4/c1-8-12(17,3-5-18-8)7-14-11(16)9-2-4-13-6-10(9)15/h2,4,6,8,15,17H,3,5,7H2,1H3,(H,14,16). The van der Waals surface area contributed by atoms with Crippen LogP contribution < -0.4 is 5.32 Å². The molecule has 1 saturated heterocycles. The number of ether oxygens (including phenoxy) is 1. The molecule has 1 fully saturated rings. The van der Waals surface area contributed by atoms with Crippen LogP contribution >= 0.6 is 0 Å². The minimum atomic E-state index is -1.04. The molecule has 0 spiro atoms. The van der Waals surface area contributed by atoms with Gasteiger partial charge in [-0.05, 0) is 13.0 Å². The van der Waals surface area contributed by atoms with Gasteiger partial charge in [0.25, 0.3) is 5.91 Å². The molecule has 0 aromatic carbocycles. The number of carbonyl (C=O) groups is 1. The average Bonchev–Trinajstić information content (AvgIpc) is 2.68. The van der Waals surface area contributed by atoms with Crippen LogP contribution in [0.15, 0.2) is 18.5 Å². The van der Waals surface area contributed by atoms with Crippen LogP contribution in [0.4, 0.5) is 0 Å². The van der Waals surface area contributed by atoms with Crippen LogP contribution in [-0.2, 0) is 4.74 Å². The van der Waals surface area contributed by atoms with Gasteiger partial charge in [0.1, 0.15) is 11.4 Å². The van der Waals surface area contributed by atoms with Gasteiger partial charge in [0, 0.05) is 25.8 Å². The molecule has 18 heavy (non-hydrogen) atoms. The predicted octanol–water partition coefficient (Wildman–Crippen LogP) is 0.0569. The summed E-state index contributed by atoms with van der Waals surface area (Å²) in [5, 5.41) is 22.3. The number of hydrogen-bond donors (Lipinski definition) is 3. The van der Waals surface area contributed by atoms with E-state index in [2.05, 4.69) is 10.3 Å². The number of aromatic hydroxyl groups is 1. The molecule has 1 amide bonds. The molecule has 1 aromatic rings. The maximum absolute atomic E-state index is 11.8. The Labute approximate surface area is 105 Å². The maximum Gasteiger partial charge on any atom is 0.255 e. The first-order valence-corrected chi connectivity index (χ1v) is 5.78. The van der Waals surface area contributed by atoms with E-state index in [9.17, 15) is 15.0 Å². The van der Waals surface area contributed by atoms with Gasteiger partial charge < -0.3 is 20.3 Å². The lowest BCUT2D eigenvalue weighted by Gasteiger charge is -2.26. The van der Waals surface area contributed by atoms with Crippen LogP contribution in [0.2, 0.25) is 0 Å². The molecule has 2 heterocycles. The van der Waals surface area contributed by atoms with Gasteiger partial charge in [-0.1, -0.05) is 0 Å². The number of pyridine rings is 1. The first-order chi connectivity index (χ1) is 8.53. The van der Waals surface area contributed by atoms with Crippen LogP contribution in [0.1, 0.15) is 23.7 Å². The van der Waals surface area contributed by atoms with Crippen molar-refractivity contribution in [2.45, 2.75) is 25.0 Å². The van der Waals surface area contributed by atoms with Crippen molar-refractivity contribution >= 4 is 5.91 Å². The lowest BCUT2D eigenvalue weighted by molar-refractivity contribution is -0.0251. The van der Waals surface area contributed by atoms with Crippen molar-refractivity contribution in [3.05, 3.63) is 24.0 Å². The van der Waals surface area contributed by atoms with E-state index >= 15 is 0 Å². The molecule has 0 radical (unpaired) electrons. The fourth-order valence-corrected chi connectivity index (χ4v) is 1.91. The van der Waals surface area contributed by atoms with Crippen LogP contribution in [0.5, 0.6) is 5.75 Å². The van der Waals surface area contributed by atoms with E-state index in [4.69, 9.17) is 4.74 Å². The number of amides is 1. The van der Waals surface area contributed by atoms with E-state index in [-0.39, 0.29) is 24.0 Å². The number of aliphatic hydroxyl groups is 1. The number of hydrogen-bond acceptors (Lipinski definition) is 5. The highest BCUT2D eigenvalue weighted by molar-refractivity contribution is 5.96. The summed E-state index contributed by atoms with van der Waals surface area (Å²) in [5.74, 6) is -0.625. The minimum Gasteiger partial charge on any atom is -0.505 e. The van der Waals surface area contributed by atoms with Gasteiger partial charge in [-0.15, -0.1) is 0 Å². The zero-order chi connectivity index (χ0) is 13.2. The Hall–Kier alpha value is -1.66. The largest absolute Gasteiger partial charge is 0.505 e.